The van der Waals surface area contributed by atoms with Crippen LogP contribution in [0.15, 0.2) is 48.5 Å². The molecule has 0 unspecified atom stereocenters. The standard InChI is InChI=1S/C15H11F2NO3/c16-11-6-7-12(17)13(8-11)18-14(19)9-21-15(20)10-4-2-1-3-5-10/h1-8H,9H2,(H,18,19). The molecule has 6 heteroatoms. The van der Waals surface area contributed by atoms with E-state index in [1.54, 1.807) is 18.2 Å². The van der Waals surface area contributed by atoms with Crippen molar-refractivity contribution in [2.75, 3.05) is 11.9 Å². The minimum atomic E-state index is -0.779. The van der Waals surface area contributed by atoms with E-state index in [0.29, 0.717) is 5.56 Å². The van der Waals surface area contributed by atoms with Crippen molar-refractivity contribution in [1.82, 2.24) is 0 Å². The molecule has 2 aromatic carbocycles. The van der Waals surface area contributed by atoms with Crippen LogP contribution in [0.5, 0.6) is 0 Å². The number of benzene rings is 2. The van der Waals surface area contributed by atoms with Crippen LogP contribution in [0.2, 0.25) is 0 Å². The largest absolute Gasteiger partial charge is 0.452 e. The van der Waals surface area contributed by atoms with Gasteiger partial charge in [0, 0.05) is 6.07 Å². The van der Waals surface area contributed by atoms with E-state index in [4.69, 9.17) is 4.74 Å². The van der Waals surface area contributed by atoms with E-state index >= 15 is 0 Å². The van der Waals surface area contributed by atoms with E-state index in [2.05, 4.69) is 5.32 Å². The lowest BCUT2D eigenvalue weighted by atomic mass is 10.2. The molecule has 1 amide bonds. The molecule has 0 atom stereocenters. The molecule has 0 aliphatic carbocycles. The van der Waals surface area contributed by atoms with Crippen LogP contribution in [0.4, 0.5) is 14.5 Å². The molecule has 2 aromatic rings. The van der Waals surface area contributed by atoms with E-state index in [-0.39, 0.29) is 5.69 Å². The summed E-state index contributed by atoms with van der Waals surface area (Å²) < 4.78 is 31.0. The van der Waals surface area contributed by atoms with Crippen molar-refractivity contribution in [1.29, 1.82) is 0 Å². The first-order valence-corrected chi connectivity index (χ1v) is 6.03. The fraction of sp³-hybridized carbons (Fsp3) is 0.0667. The second-order valence-electron chi connectivity index (χ2n) is 4.11. The Bertz CT molecular complexity index is 659. The van der Waals surface area contributed by atoms with Gasteiger partial charge in [0.1, 0.15) is 11.6 Å². The van der Waals surface area contributed by atoms with E-state index in [1.165, 1.54) is 12.1 Å². The van der Waals surface area contributed by atoms with Crippen LogP contribution >= 0.6 is 0 Å². The zero-order valence-electron chi connectivity index (χ0n) is 10.8. The van der Waals surface area contributed by atoms with Crippen LogP contribution in [0.25, 0.3) is 0 Å². The molecule has 0 aliphatic heterocycles. The van der Waals surface area contributed by atoms with Crippen molar-refractivity contribution in [3.05, 3.63) is 65.7 Å². The van der Waals surface area contributed by atoms with E-state index in [9.17, 15) is 18.4 Å². The monoisotopic (exact) mass is 291 g/mol. The Hall–Kier alpha value is -2.76. The maximum atomic E-state index is 13.3. The van der Waals surface area contributed by atoms with Gasteiger partial charge in [-0.05, 0) is 24.3 Å². The van der Waals surface area contributed by atoms with E-state index in [1.807, 2.05) is 0 Å². The molecule has 108 valence electrons. The third-order valence-electron chi connectivity index (χ3n) is 2.55. The fourth-order valence-electron chi connectivity index (χ4n) is 1.57. The van der Waals surface area contributed by atoms with Gasteiger partial charge in [-0.25, -0.2) is 13.6 Å². The average molecular weight is 291 g/mol. The van der Waals surface area contributed by atoms with Gasteiger partial charge in [0.15, 0.2) is 6.61 Å². The number of esters is 1. The van der Waals surface area contributed by atoms with Gasteiger partial charge < -0.3 is 10.1 Å². The lowest BCUT2D eigenvalue weighted by molar-refractivity contribution is -0.119. The number of halogens is 2. The number of ether oxygens (including phenoxy) is 1. The summed E-state index contributed by atoms with van der Waals surface area (Å²) in [6.45, 7) is -0.594. The van der Waals surface area contributed by atoms with Gasteiger partial charge in [0.05, 0.1) is 11.3 Å². The second-order valence-corrected chi connectivity index (χ2v) is 4.11. The first-order valence-electron chi connectivity index (χ1n) is 6.03. The number of carbonyl (C=O) groups is 2. The Morgan fingerprint density at radius 2 is 1.76 bits per heavy atom. The van der Waals surface area contributed by atoms with Crippen molar-refractivity contribution >= 4 is 17.6 Å². The van der Waals surface area contributed by atoms with Gasteiger partial charge in [-0.2, -0.15) is 0 Å². The summed E-state index contributed by atoms with van der Waals surface area (Å²) in [5, 5.41) is 2.13. The molecular weight excluding hydrogens is 280 g/mol. The maximum Gasteiger partial charge on any atom is 0.338 e. The number of hydrogen-bond acceptors (Lipinski definition) is 3. The molecule has 0 saturated heterocycles. The quantitative estimate of drug-likeness (QED) is 0.881. The highest BCUT2D eigenvalue weighted by Gasteiger charge is 2.12. The summed E-state index contributed by atoms with van der Waals surface area (Å²) in [6.07, 6.45) is 0. The molecule has 0 aromatic heterocycles. The number of amides is 1. The molecule has 0 fully saturated rings. The molecule has 0 heterocycles. The van der Waals surface area contributed by atoms with Gasteiger partial charge in [-0.1, -0.05) is 18.2 Å². The minimum Gasteiger partial charge on any atom is -0.452 e. The Morgan fingerprint density at radius 1 is 1.05 bits per heavy atom. The van der Waals surface area contributed by atoms with Crippen LogP contribution in [0.3, 0.4) is 0 Å². The SMILES string of the molecule is O=C(COC(=O)c1ccccc1)Nc1cc(F)ccc1F. The number of rotatable bonds is 4. The molecular formula is C15H11F2NO3. The Morgan fingerprint density at radius 3 is 2.48 bits per heavy atom. The number of anilines is 1. The molecule has 4 nitrogen and oxygen atoms in total. The van der Waals surface area contributed by atoms with Gasteiger partial charge in [0.25, 0.3) is 5.91 Å². The topological polar surface area (TPSA) is 55.4 Å². The summed E-state index contributed by atoms with van der Waals surface area (Å²) in [5.74, 6) is -2.90. The first kappa shape index (κ1) is 14.6. The molecule has 2 rings (SSSR count). The maximum absolute atomic E-state index is 13.3. The lowest BCUT2D eigenvalue weighted by Crippen LogP contribution is -2.21. The minimum absolute atomic E-state index is 0.294. The molecule has 0 aliphatic rings. The van der Waals surface area contributed by atoms with Crippen LogP contribution in [-0.2, 0) is 9.53 Å². The smallest absolute Gasteiger partial charge is 0.338 e. The van der Waals surface area contributed by atoms with Crippen molar-refractivity contribution in [2.24, 2.45) is 0 Å². The zero-order valence-corrected chi connectivity index (χ0v) is 10.8. The molecule has 1 N–H and O–H groups in total. The second kappa shape index (κ2) is 6.60. The number of carbonyl (C=O) groups excluding carboxylic acids is 2. The van der Waals surface area contributed by atoms with Crippen LogP contribution in [0.1, 0.15) is 10.4 Å². The number of hydrogen-bond donors (Lipinski definition) is 1. The predicted octanol–water partition coefficient (Wildman–Crippen LogP) is 2.76. The number of nitrogens with one attached hydrogen (secondary N) is 1. The average Bonchev–Trinajstić information content (AvgIpc) is 2.49. The molecule has 21 heavy (non-hydrogen) atoms. The van der Waals surface area contributed by atoms with Gasteiger partial charge in [0.2, 0.25) is 0 Å². The van der Waals surface area contributed by atoms with Crippen molar-refractivity contribution < 1.29 is 23.1 Å². The van der Waals surface area contributed by atoms with Gasteiger partial charge >= 0.3 is 5.97 Å². The van der Waals surface area contributed by atoms with E-state index < -0.39 is 30.1 Å². The van der Waals surface area contributed by atoms with Gasteiger partial charge in [-0.3, -0.25) is 4.79 Å². The Balaban J connectivity index is 1.91. The normalized spacial score (nSPS) is 10.0. The summed E-state index contributed by atoms with van der Waals surface area (Å²) in [4.78, 5) is 23.1. The molecule has 0 saturated carbocycles. The lowest BCUT2D eigenvalue weighted by Gasteiger charge is -2.07. The van der Waals surface area contributed by atoms with Crippen molar-refractivity contribution in [3.8, 4) is 0 Å². The summed E-state index contributed by atoms with van der Waals surface area (Å²) in [6, 6.07) is 10.8. The summed E-state index contributed by atoms with van der Waals surface area (Å²) in [5.41, 5.74) is -0.0157. The van der Waals surface area contributed by atoms with Crippen LogP contribution in [0, 0.1) is 11.6 Å². The third kappa shape index (κ3) is 4.10. The fourth-order valence-corrected chi connectivity index (χ4v) is 1.57. The van der Waals surface area contributed by atoms with E-state index in [0.717, 1.165) is 18.2 Å². The molecule has 0 bridgehead atoms. The predicted molar refractivity (Wildman–Crippen MR) is 71.7 cm³/mol. The van der Waals surface area contributed by atoms with Crippen LogP contribution in [-0.4, -0.2) is 18.5 Å². The highest BCUT2D eigenvalue weighted by atomic mass is 19.1. The Labute approximate surface area is 119 Å². The highest BCUT2D eigenvalue weighted by Crippen LogP contribution is 2.15. The third-order valence-corrected chi connectivity index (χ3v) is 2.55. The van der Waals surface area contributed by atoms with Crippen molar-refractivity contribution in [3.63, 3.8) is 0 Å². The van der Waals surface area contributed by atoms with Gasteiger partial charge in [-0.15, -0.1) is 0 Å². The summed E-state index contributed by atoms with van der Waals surface area (Å²) >= 11 is 0. The molecule has 0 spiro atoms. The van der Waals surface area contributed by atoms with Crippen molar-refractivity contribution in [2.45, 2.75) is 0 Å². The zero-order chi connectivity index (χ0) is 15.2. The Kier molecular flexibility index (Phi) is 4.61. The highest BCUT2D eigenvalue weighted by molar-refractivity contribution is 5.95. The first-order chi connectivity index (χ1) is 10.1. The summed E-state index contributed by atoms with van der Waals surface area (Å²) in [7, 11) is 0. The molecule has 0 radical (unpaired) electrons. The van der Waals surface area contributed by atoms with Crippen LogP contribution < -0.4 is 5.32 Å².